The fourth-order valence-corrected chi connectivity index (χ4v) is 4.98. The van der Waals surface area contributed by atoms with Gasteiger partial charge < -0.3 is 20.3 Å². The molecule has 0 aliphatic carbocycles. The maximum absolute atomic E-state index is 14.4. The molecule has 7 nitrogen and oxygen atoms in total. The van der Waals surface area contributed by atoms with Gasteiger partial charge in [-0.3, -0.25) is 14.6 Å². The highest BCUT2D eigenvalue weighted by Gasteiger charge is 2.95. The summed E-state index contributed by atoms with van der Waals surface area (Å²) in [6, 6.07) is 14.2. The van der Waals surface area contributed by atoms with Crippen LogP contribution in [-0.4, -0.2) is 96.6 Å². The van der Waals surface area contributed by atoms with Gasteiger partial charge in [-0.25, -0.2) is 0 Å². The first kappa shape index (κ1) is 48.3. The van der Waals surface area contributed by atoms with Crippen LogP contribution in [0.15, 0.2) is 83.9 Å². The summed E-state index contributed by atoms with van der Waals surface area (Å²) < 4.78 is 235. The Kier molecular flexibility index (Phi) is 14.5. The van der Waals surface area contributed by atoms with Crippen LogP contribution in [0.1, 0.15) is 36.0 Å². The third-order valence-electron chi connectivity index (χ3n) is 8.28. The van der Waals surface area contributed by atoms with Crippen LogP contribution in [0.2, 0.25) is 0 Å². The fraction of sp³-hybridized carbons (Fsp3) is 0.457. The molecule has 2 bridgehead atoms. The number of carbonyl (C=O) groups is 2. The van der Waals surface area contributed by atoms with Crippen LogP contribution in [-0.2, 0) is 9.53 Å². The Morgan fingerprint density at radius 3 is 1.93 bits per heavy atom. The van der Waals surface area contributed by atoms with Crippen LogP contribution in [0.25, 0.3) is 0 Å². The van der Waals surface area contributed by atoms with Gasteiger partial charge in [-0.2, -0.15) is 74.6 Å². The van der Waals surface area contributed by atoms with Crippen molar-refractivity contribution in [3.63, 3.8) is 0 Å². The van der Waals surface area contributed by atoms with Crippen LogP contribution in [0, 0.1) is 0 Å². The standard InChI is InChI=1S/C35H31F17N4O3/c1-21-10-5-2-3-8-16-53-27(54-23-12-6-4-7-13-23)55-24-14-9-11-22(18-24)26(58)56(19-21)20-25(57)59-17-15-28(36,37)29(38,39)30(40,41)31(42,43)32(44,45)33(46,47)34(48,49)35(50,51)52/h4-7,9-14,18H,1-3,8,15-17,19-20H2,(H2,53,54,55)/b10-5+. The molecule has 2 aromatic rings. The predicted molar refractivity (Wildman–Crippen MR) is 177 cm³/mol. The van der Waals surface area contributed by atoms with Crippen molar-refractivity contribution in [2.75, 3.05) is 36.9 Å². The molecule has 1 heterocycles. The summed E-state index contributed by atoms with van der Waals surface area (Å²) in [4.78, 5) is 31.4. The first-order chi connectivity index (χ1) is 26.9. The molecule has 1 amide bonds. The number of guanidine groups is 1. The van der Waals surface area contributed by atoms with Crippen molar-refractivity contribution in [2.45, 2.75) is 73.3 Å². The molecule has 24 heteroatoms. The van der Waals surface area contributed by atoms with E-state index < -0.39 is 85.6 Å². The van der Waals surface area contributed by atoms with E-state index >= 15 is 0 Å². The maximum Gasteiger partial charge on any atom is 0.460 e. The second kappa shape index (κ2) is 17.7. The molecule has 0 unspecified atom stereocenters. The van der Waals surface area contributed by atoms with Crippen molar-refractivity contribution in [3.05, 3.63) is 84.5 Å². The zero-order chi connectivity index (χ0) is 44.9. The molecule has 2 N–H and O–H groups in total. The van der Waals surface area contributed by atoms with Gasteiger partial charge in [-0.05, 0) is 55.2 Å². The van der Waals surface area contributed by atoms with Crippen molar-refractivity contribution in [1.29, 1.82) is 0 Å². The lowest BCUT2D eigenvalue weighted by molar-refractivity contribution is -0.461. The van der Waals surface area contributed by atoms with Crippen LogP contribution < -0.4 is 10.6 Å². The Balaban J connectivity index is 1.82. The van der Waals surface area contributed by atoms with Crippen molar-refractivity contribution in [1.82, 2.24) is 4.90 Å². The first-order valence-electron chi connectivity index (χ1n) is 16.7. The predicted octanol–water partition coefficient (Wildman–Crippen LogP) is 10.2. The number of anilines is 2. The monoisotopic (exact) mass is 878 g/mol. The average Bonchev–Trinajstić information content (AvgIpc) is 3.13. The molecule has 1 aliphatic rings. The average molecular weight is 879 g/mol. The number of benzene rings is 2. The highest BCUT2D eigenvalue weighted by Crippen LogP contribution is 2.64. The van der Waals surface area contributed by atoms with E-state index in [1.807, 2.05) is 0 Å². The number of carbonyl (C=O) groups excluding carboxylic acids is 2. The van der Waals surface area contributed by atoms with E-state index in [9.17, 15) is 84.2 Å². The van der Waals surface area contributed by atoms with Gasteiger partial charge in [0.05, 0.1) is 13.0 Å². The van der Waals surface area contributed by atoms with Crippen molar-refractivity contribution < 1.29 is 89.0 Å². The molecule has 0 aromatic heterocycles. The van der Waals surface area contributed by atoms with E-state index in [-0.39, 0.29) is 22.8 Å². The van der Waals surface area contributed by atoms with E-state index in [0.29, 0.717) is 36.4 Å². The minimum Gasteiger partial charge on any atom is -0.464 e. The Hall–Kier alpha value is -5.06. The largest absolute Gasteiger partial charge is 0.464 e. The Bertz CT molecular complexity index is 1870. The normalized spacial score (nSPS) is 16.9. The SMILES string of the molecule is C=C1/C=C/CCCCN=C(Nc2ccccc2)Nc2cccc(c2)C(=O)N(CC(=O)OCCC(F)(F)C(F)(F)C(F)(F)C(F)(F)C(F)(F)C(F)(F)C(F)(F)C(F)(F)F)C1. The highest BCUT2D eigenvalue weighted by molar-refractivity contribution is 6.04. The van der Waals surface area contributed by atoms with Crippen molar-refractivity contribution >= 4 is 29.2 Å². The summed E-state index contributed by atoms with van der Waals surface area (Å²) in [5, 5.41) is 6.06. The summed E-state index contributed by atoms with van der Waals surface area (Å²) in [6.07, 6.45) is -6.04. The van der Waals surface area contributed by atoms with Crippen LogP contribution in [0.3, 0.4) is 0 Å². The molecule has 59 heavy (non-hydrogen) atoms. The zero-order valence-electron chi connectivity index (χ0n) is 29.8. The van der Waals surface area contributed by atoms with Gasteiger partial charge in [0.1, 0.15) is 6.54 Å². The summed E-state index contributed by atoms with van der Waals surface area (Å²) in [5.41, 5.74) is 0.922. The number of alkyl halides is 17. The number of nitrogens with one attached hydrogen (secondary N) is 2. The molecular formula is C35H31F17N4O3. The van der Waals surface area contributed by atoms with Crippen molar-refractivity contribution in [3.8, 4) is 0 Å². The van der Waals surface area contributed by atoms with Gasteiger partial charge in [0.25, 0.3) is 5.91 Å². The van der Waals surface area contributed by atoms with Gasteiger partial charge in [0.15, 0.2) is 5.96 Å². The van der Waals surface area contributed by atoms with E-state index in [2.05, 4.69) is 26.9 Å². The lowest BCUT2D eigenvalue weighted by Gasteiger charge is -2.42. The molecule has 328 valence electrons. The summed E-state index contributed by atoms with van der Waals surface area (Å²) in [5.74, 6) is -60.0. The number of amides is 1. The van der Waals surface area contributed by atoms with E-state index in [0.717, 1.165) is 0 Å². The second-order valence-corrected chi connectivity index (χ2v) is 12.8. The molecule has 0 saturated carbocycles. The number of hydrogen-bond acceptors (Lipinski definition) is 6. The van der Waals surface area contributed by atoms with E-state index in [4.69, 9.17) is 0 Å². The Labute approximate surface area is 323 Å². The minimum atomic E-state index is -8.76. The summed E-state index contributed by atoms with van der Waals surface area (Å²) >= 11 is 0. The van der Waals surface area contributed by atoms with Gasteiger partial charge in [0.2, 0.25) is 0 Å². The highest BCUT2D eigenvalue weighted by atomic mass is 19.4. The summed E-state index contributed by atoms with van der Waals surface area (Å²) in [7, 11) is 0. The number of fused-ring (bicyclic) bond motifs is 2. The molecule has 1 aliphatic heterocycles. The maximum atomic E-state index is 14.4. The third kappa shape index (κ3) is 10.0. The van der Waals surface area contributed by atoms with Gasteiger partial charge in [0, 0.05) is 30.0 Å². The molecular weight excluding hydrogens is 847 g/mol. The molecule has 2 aromatic carbocycles. The van der Waals surface area contributed by atoms with Gasteiger partial charge >= 0.3 is 53.6 Å². The minimum absolute atomic E-state index is 0.143. The molecule has 0 radical (unpaired) electrons. The number of para-hydroxylation sites is 1. The van der Waals surface area contributed by atoms with E-state index in [1.54, 1.807) is 36.4 Å². The smallest absolute Gasteiger partial charge is 0.460 e. The van der Waals surface area contributed by atoms with Gasteiger partial charge in [-0.1, -0.05) is 43.0 Å². The number of hydrogen-bond donors (Lipinski definition) is 2. The molecule has 0 atom stereocenters. The Morgan fingerprint density at radius 1 is 0.763 bits per heavy atom. The number of rotatable bonds is 12. The Morgan fingerprint density at radius 2 is 1.34 bits per heavy atom. The lowest BCUT2D eigenvalue weighted by atomic mass is 9.88. The zero-order valence-corrected chi connectivity index (χ0v) is 29.8. The van der Waals surface area contributed by atoms with Crippen molar-refractivity contribution in [2.24, 2.45) is 4.99 Å². The number of esters is 1. The number of halogens is 17. The summed E-state index contributed by atoms with van der Waals surface area (Å²) in [6.45, 7) is 0.233. The number of nitrogens with zero attached hydrogens (tertiary/aromatic N) is 2. The molecule has 0 spiro atoms. The van der Waals surface area contributed by atoms with E-state index in [1.165, 1.54) is 30.3 Å². The number of allylic oxidation sites excluding steroid dienone is 1. The molecule has 3 rings (SSSR count). The van der Waals surface area contributed by atoms with Crippen LogP contribution in [0.4, 0.5) is 86.0 Å². The quantitative estimate of drug-likeness (QED) is 0.164. The van der Waals surface area contributed by atoms with Crippen LogP contribution >= 0.6 is 0 Å². The van der Waals surface area contributed by atoms with Gasteiger partial charge in [-0.15, -0.1) is 0 Å². The number of aliphatic imine (C=N–C) groups is 1. The second-order valence-electron chi connectivity index (χ2n) is 12.8. The topological polar surface area (TPSA) is 83.0 Å². The lowest BCUT2D eigenvalue weighted by Crippen LogP contribution is -2.74. The molecule has 0 fully saturated rings. The first-order valence-corrected chi connectivity index (χ1v) is 16.7. The number of ether oxygens (including phenoxy) is 1. The van der Waals surface area contributed by atoms with Crippen LogP contribution in [0.5, 0.6) is 0 Å². The third-order valence-corrected chi connectivity index (χ3v) is 8.28. The molecule has 0 saturated heterocycles. The fourth-order valence-electron chi connectivity index (χ4n) is 4.98.